The molecular formula is C15H22N2O2. The van der Waals surface area contributed by atoms with Gasteiger partial charge in [-0.05, 0) is 50.9 Å². The highest BCUT2D eigenvalue weighted by Crippen LogP contribution is 2.12. The van der Waals surface area contributed by atoms with Crippen LogP contribution in [0, 0.1) is 0 Å². The number of amides is 1. The number of hydrogen-bond acceptors (Lipinski definition) is 3. The Morgan fingerprint density at radius 3 is 2.37 bits per heavy atom. The summed E-state index contributed by atoms with van der Waals surface area (Å²) in [6.07, 6.45) is 3.59. The van der Waals surface area contributed by atoms with Crippen LogP contribution < -0.4 is 10.6 Å². The van der Waals surface area contributed by atoms with Gasteiger partial charge in [-0.25, -0.2) is 0 Å². The molecule has 0 atom stereocenters. The molecule has 1 aromatic rings. The third-order valence-corrected chi connectivity index (χ3v) is 2.82. The lowest BCUT2D eigenvalue weighted by Crippen LogP contribution is -2.24. The molecule has 0 fully saturated rings. The van der Waals surface area contributed by atoms with Crippen molar-refractivity contribution in [2.45, 2.75) is 32.6 Å². The van der Waals surface area contributed by atoms with Gasteiger partial charge < -0.3 is 15.4 Å². The van der Waals surface area contributed by atoms with Crippen molar-refractivity contribution < 1.29 is 9.59 Å². The summed E-state index contributed by atoms with van der Waals surface area (Å²) in [4.78, 5) is 22.2. The van der Waals surface area contributed by atoms with E-state index in [1.807, 2.05) is 24.3 Å². The summed E-state index contributed by atoms with van der Waals surface area (Å²) in [5, 5.41) is 5.61. The molecule has 0 saturated carbocycles. The molecule has 4 nitrogen and oxygen atoms in total. The molecule has 0 bridgehead atoms. The van der Waals surface area contributed by atoms with E-state index in [-0.39, 0.29) is 11.7 Å². The molecule has 2 N–H and O–H groups in total. The van der Waals surface area contributed by atoms with E-state index in [1.54, 1.807) is 14.0 Å². The van der Waals surface area contributed by atoms with Crippen molar-refractivity contribution in [3.63, 3.8) is 0 Å². The van der Waals surface area contributed by atoms with E-state index < -0.39 is 0 Å². The van der Waals surface area contributed by atoms with E-state index in [4.69, 9.17) is 0 Å². The summed E-state index contributed by atoms with van der Waals surface area (Å²) >= 11 is 0. The molecule has 1 rings (SSSR count). The first-order valence-electron chi connectivity index (χ1n) is 6.64. The minimum atomic E-state index is -0.0447. The standard InChI is InChI=1S/C15H22N2O2/c1-12(18)5-3-4-6-13-7-9-14(10-8-13)17-15(19)11-16-2/h7-10,16H,3-6,11H2,1-2H3,(H,17,19). The summed E-state index contributed by atoms with van der Waals surface area (Å²) < 4.78 is 0. The normalized spacial score (nSPS) is 10.2. The second-order valence-corrected chi connectivity index (χ2v) is 4.68. The molecule has 0 radical (unpaired) electrons. The number of Topliss-reactive ketones (excluding diaryl/α,β-unsaturated/α-hetero) is 1. The fraction of sp³-hybridized carbons (Fsp3) is 0.467. The van der Waals surface area contributed by atoms with Gasteiger partial charge in [0, 0.05) is 12.1 Å². The molecule has 0 unspecified atom stereocenters. The van der Waals surface area contributed by atoms with Crippen LogP contribution in [0.1, 0.15) is 31.7 Å². The Balaban J connectivity index is 2.35. The first kappa shape index (κ1) is 15.4. The monoisotopic (exact) mass is 262 g/mol. The number of ketones is 1. The molecule has 104 valence electrons. The van der Waals surface area contributed by atoms with E-state index in [0.717, 1.165) is 24.9 Å². The Hall–Kier alpha value is -1.68. The van der Waals surface area contributed by atoms with Crippen molar-refractivity contribution in [2.24, 2.45) is 0 Å². The maximum absolute atomic E-state index is 11.4. The fourth-order valence-corrected chi connectivity index (χ4v) is 1.82. The number of benzene rings is 1. The predicted molar refractivity (Wildman–Crippen MR) is 77.2 cm³/mol. The molecule has 1 aromatic carbocycles. The van der Waals surface area contributed by atoms with E-state index >= 15 is 0 Å². The van der Waals surface area contributed by atoms with Crippen LogP contribution in [-0.2, 0) is 16.0 Å². The Morgan fingerprint density at radius 1 is 1.11 bits per heavy atom. The molecule has 19 heavy (non-hydrogen) atoms. The van der Waals surface area contributed by atoms with Crippen molar-refractivity contribution >= 4 is 17.4 Å². The second-order valence-electron chi connectivity index (χ2n) is 4.68. The van der Waals surface area contributed by atoms with Crippen LogP contribution in [0.2, 0.25) is 0 Å². The van der Waals surface area contributed by atoms with E-state index in [2.05, 4.69) is 10.6 Å². The first-order chi connectivity index (χ1) is 9.11. The average molecular weight is 262 g/mol. The summed E-state index contributed by atoms with van der Waals surface area (Å²) in [6.45, 7) is 1.94. The van der Waals surface area contributed by atoms with E-state index in [1.165, 1.54) is 5.56 Å². The Morgan fingerprint density at radius 2 is 1.79 bits per heavy atom. The highest BCUT2D eigenvalue weighted by atomic mass is 16.2. The van der Waals surface area contributed by atoms with Gasteiger partial charge in [0.1, 0.15) is 5.78 Å². The van der Waals surface area contributed by atoms with Crippen LogP contribution in [0.4, 0.5) is 5.69 Å². The first-order valence-corrected chi connectivity index (χ1v) is 6.64. The smallest absolute Gasteiger partial charge is 0.238 e. The van der Waals surface area contributed by atoms with Gasteiger partial charge in [-0.3, -0.25) is 4.79 Å². The van der Waals surface area contributed by atoms with Crippen LogP contribution >= 0.6 is 0 Å². The lowest BCUT2D eigenvalue weighted by atomic mass is 10.1. The van der Waals surface area contributed by atoms with Crippen molar-refractivity contribution in [3.8, 4) is 0 Å². The van der Waals surface area contributed by atoms with Gasteiger partial charge in [0.15, 0.2) is 0 Å². The largest absolute Gasteiger partial charge is 0.325 e. The molecule has 0 aliphatic heterocycles. The van der Waals surface area contributed by atoms with Crippen LogP contribution in [-0.4, -0.2) is 25.3 Å². The fourth-order valence-electron chi connectivity index (χ4n) is 1.82. The molecular weight excluding hydrogens is 240 g/mol. The van der Waals surface area contributed by atoms with Crippen molar-refractivity contribution in [1.29, 1.82) is 0 Å². The molecule has 0 aliphatic rings. The minimum Gasteiger partial charge on any atom is -0.325 e. The van der Waals surface area contributed by atoms with Gasteiger partial charge in [-0.15, -0.1) is 0 Å². The molecule has 1 amide bonds. The van der Waals surface area contributed by atoms with Crippen LogP contribution in [0.5, 0.6) is 0 Å². The molecule has 0 spiro atoms. The Labute approximate surface area is 114 Å². The zero-order valence-electron chi connectivity index (χ0n) is 11.7. The zero-order chi connectivity index (χ0) is 14.1. The highest BCUT2D eigenvalue weighted by molar-refractivity contribution is 5.92. The second kappa shape index (κ2) is 8.43. The summed E-state index contributed by atoms with van der Waals surface area (Å²) in [5.41, 5.74) is 2.04. The van der Waals surface area contributed by atoms with E-state index in [9.17, 15) is 9.59 Å². The maximum atomic E-state index is 11.4. The number of likely N-dealkylation sites (N-methyl/N-ethyl adjacent to an activating group) is 1. The molecule has 0 saturated heterocycles. The van der Waals surface area contributed by atoms with Crippen molar-refractivity contribution in [2.75, 3.05) is 18.9 Å². The number of carbonyl (C=O) groups is 2. The van der Waals surface area contributed by atoms with Crippen LogP contribution in [0.15, 0.2) is 24.3 Å². The Bertz CT molecular complexity index is 413. The zero-order valence-corrected chi connectivity index (χ0v) is 11.7. The number of unbranched alkanes of at least 4 members (excludes halogenated alkanes) is 1. The van der Waals surface area contributed by atoms with Crippen molar-refractivity contribution in [1.82, 2.24) is 5.32 Å². The highest BCUT2D eigenvalue weighted by Gasteiger charge is 2.01. The number of rotatable bonds is 8. The van der Waals surface area contributed by atoms with Gasteiger partial charge in [0.25, 0.3) is 0 Å². The van der Waals surface area contributed by atoms with Gasteiger partial charge in [-0.1, -0.05) is 12.1 Å². The van der Waals surface area contributed by atoms with Gasteiger partial charge in [0.05, 0.1) is 6.54 Å². The van der Waals surface area contributed by atoms with Crippen LogP contribution in [0.3, 0.4) is 0 Å². The summed E-state index contributed by atoms with van der Waals surface area (Å²) in [5.74, 6) is 0.208. The lowest BCUT2D eigenvalue weighted by molar-refractivity contribution is -0.117. The van der Waals surface area contributed by atoms with Crippen LogP contribution in [0.25, 0.3) is 0 Å². The SMILES string of the molecule is CNCC(=O)Nc1ccc(CCCCC(C)=O)cc1. The number of carbonyl (C=O) groups excluding carboxylic acids is 2. The van der Waals surface area contributed by atoms with Gasteiger partial charge in [0.2, 0.25) is 5.91 Å². The molecule has 4 heteroatoms. The average Bonchev–Trinajstić information content (AvgIpc) is 2.36. The van der Waals surface area contributed by atoms with Gasteiger partial charge in [-0.2, -0.15) is 0 Å². The van der Waals surface area contributed by atoms with Gasteiger partial charge >= 0.3 is 0 Å². The maximum Gasteiger partial charge on any atom is 0.238 e. The summed E-state index contributed by atoms with van der Waals surface area (Å²) in [6, 6.07) is 7.85. The quantitative estimate of drug-likeness (QED) is 0.706. The predicted octanol–water partition coefficient (Wildman–Crippen LogP) is 2.15. The number of aryl methyl sites for hydroxylation is 1. The lowest BCUT2D eigenvalue weighted by Gasteiger charge is -2.06. The molecule has 0 heterocycles. The van der Waals surface area contributed by atoms with E-state index in [0.29, 0.717) is 13.0 Å². The minimum absolute atomic E-state index is 0.0447. The Kier molecular flexibility index (Phi) is 6.82. The number of hydrogen-bond donors (Lipinski definition) is 2. The third-order valence-electron chi connectivity index (χ3n) is 2.82. The van der Waals surface area contributed by atoms with Crippen molar-refractivity contribution in [3.05, 3.63) is 29.8 Å². The number of nitrogens with one attached hydrogen (secondary N) is 2. The summed E-state index contributed by atoms with van der Waals surface area (Å²) in [7, 11) is 1.74. The molecule has 0 aromatic heterocycles. The third kappa shape index (κ3) is 6.72. The topological polar surface area (TPSA) is 58.2 Å². The number of anilines is 1. The molecule has 0 aliphatic carbocycles.